The van der Waals surface area contributed by atoms with Crippen molar-refractivity contribution < 1.29 is 0 Å². The third kappa shape index (κ3) is 4.92. The molecule has 0 aliphatic rings. The van der Waals surface area contributed by atoms with Crippen LogP contribution in [0.3, 0.4) is 0 Å². The van der Waals surface area contributed by atoms with Crippen LogP contribution in [0.4, 0.5) is 0 Å². The molecule has 51 heavy (non-hydrogen) atoms. The number of pyridine rings is 1. The molecule has 0 aliphatic carbocycles. The Bertz CT molecular complexity index is 2870. The monoisotopic (exact) mass is 648 g/mol. The fourth-order valence-corrected chi connectivity index (χ4v) is 7.78. The van der Waals surface area contributed by atoms with Crippen molar-refractivity contribution in [3.63, 3.8) is 0 Å². The predicted molar refractivity (Wildman–Crippen MR) is 215 cm³/mol. The highest BCUT2D eigenvalue weighted by molar-refractivity contribution is 6.24. The van der Waals surface area contributed by atoms with Crippen LogP contribution in [-0.2, 0) is 0 Å². The molecule has 0 unspecified atom stereocenters. The van der Waals surface area contributed by atoms with E-state index in [4.69, 9.17) is 4.98 Å². The fraction of sp³-hybridized carbons (Fsp3) is 0. The van der Waals surface area contributed by atoms with Crippen LogP contribution in [0.1, 0.15) is 0 Å². The van der Waals surface area contributed by atoms with Crippen molar-refractivity contribution in [2.24, 2.45) is 0 Å². The molecule has 0 amide bonds. The SMILES string of the molecule is c1ccc(-c2ccc(-c3cc(-n4c5cc(-c6ccccc6)ccc5c5c6ccccc6c(-c6ccccc6)cc54)nc4ccccc34)cc2)cc1. The molecule has 0 radical (unpaired) electrons. The van der Waals surface area contributed by atoms with Crippen molar-refractivity contribution in [1.82, 2.24) is 9.55 Å². The highest BCUT2D eigenvalue weighted by atomic mass is 15.1. The molecule has 2 heterocycles. The summed E-state index contributed by atoms with van der Waals surface area (Å²) in [6, 6.07) is 69.8. The summed E-state index contributed by atoms with van der Waals surface area (Å²) in [5.74, 6) is 0.898. The number of hydrogen-bond acceptors (Lipinski definition) is 1. The predicted octanol–water partition coefficient (Wildman–Crippen LogP) is 13.2. The Morgan fingerprint density at radius 3 is 1.51 bits per heavy atom. The highest BCUT2D eigenvalue weighted by Gasteiger charge is 2.20. The lowest BCUT2D eigenvalue weighted by atomic mass is 9.94. The first kappa shape index (κ1) is 29.2. The number of rotatable bonds is 5. The molecule has 2 nitrogen and oxygen atoms in total. The normalized spacial score (nSPS) is 11.5. The third-order valence-corrected chi connectivity index (χ3v) is 10.2. The van der Waals surface area contributed by atoms with Crippen LogP contribution < -0.4 is 0 Å². The van der Waals surface area contributed by atoms with Crippen molar-refractivity contribution in [3.05, 3.63) is 194 Å². The molecule has 238 valence electrons. The van der Waals surface area contributed by atoms with Gasteiger partial charge in [0.2, 0.25) is 0 Å². The largest absolute Gasteiger partial charge is 0.294 e. The zero-order chi connectivity index (χ0) is 33.7. The molecule has 0 spiro atoms. The standard InChI is InChI=1S/C49H32N2/c1-4-14-33(15-5-1)35-24-26-37(27-25-35)44-32-48(50-45-23-13-12-21-40(44)45)51-46-30-38(34-16-6-2-7-17-34)28-29-42(46)49-41-22-11-10-20-39(41)43(31-47(49)51)36-18-8-3-9-19-36/h1-32H. The van der Waals surface area contributed by atoms with E-state index in [9.17, 15) is 0 Å². The Morgan fingerprint density at radius 2 is 0.804 bits per heavy atom. The maximum absolute atomic E-state index is 5.42. The van der Waals surface area contributed by atoms with Crippen LogP contribution in [0.5, 0.6) is 0 Å². The van der Waals surface area contributed by atoms with Gasteiger partial charge in [-0.2, -0.15) is 0 Å². The molecule has 10 aromatic rings. The Kier molecular flexibility index (Phi) is 6.85. The molecule has 0 atom stereocenters. The van der Waals surface area contributed by atoms with Gasteiger partial charge in [-0.25, -0.2) is 4.98 Å². The minimum atomic E-state index is 0.898. The summed E-state index contributed by atoms with van der Waals surface area (Å²) in [5, 5.41) is 6.07. The zero-order valence-electron chi connectivity index (χ0n) is 27.9. The lowest BCUT2D eigenvalue weighted by Crippen LogP contribution is -2.00. The van der Waals surface area contributed by atoms with E-state index in [0.717, 1.165) is 38.9 Å². The fourth-order valence-electron chi connectivity index (χ4n) is 7.78. The minimum Gasteiger partial charge on any atom is -0.294 e. The molecule has 0 bridgehead atoms. The van der Waals surface area contributed by atoms with E-state index in [1.165, 1.54) is 54.9 Å². The van der Waals surface area contributed by atoms with Crippen molar-refractivity contribution in [2.45, 2.75) is 0 Å². The van der Waals surface area contributed by atoms with Gasteiger partial charge < -0.3 is 0 Å². The lowest BCUT2D eigenvalue weighted by molar-refractivity contribution is 1.10. The van der Waals surface area contributed by atoms with E-state index in [0.29, 0.717) is 0 Å². The van der Waals surface area contributed by atoms with Crippen molar-refractivity contribution in [3.8, 4) is 50.3 Å². The van der Waals surface area contributed by atoms with E-state index in [2.05, 4.69) is 199 Å². The van der Waals surface area contributed by atoms with Crippen molar-refractivity contribution in [1.29, 1.82) is 0 Å². The Morgan fingerprint density at radius 1 is 0.314 bits per heavy atom. The number of hydrogen-bond donors (Lipinski definition) is 0. The first-order valence-electron chi connectivity index (χ1n) is 17.5. The van der Waals surface area contributed by atoms with Gasteiger partial charge in [-0.1, -0.05) is 170 Å². The van der Waals surface area contributed by atoms with Crippen LogP contribution in [0.15, 0.2) is 194 Å². The quantitative estimate of drug-likeness (QED) is 0.182. The van der Waals surface area contributed by atoms with Crippen LogP contribution in [0.25, 0.3) is 93.8 Å². The summed E-state index contributed by atoms with van der Waals surface area (Å²) in [5.41, 5.74) is 12.8. The van der Waals surface area contributed by atoms with Crippen LogP contribution in [0, 0.1) is 0 Å². The summed E-state index contributed by atoms with van der Waals surface area (Å²) in [4.78, 5) is 5.42. The highest BCUT2D eigenvalue weighted by Crippen LogP contribution is 2.43. The van der Waals surface area contributed by atoms with E-state index in [-0.39, 0.29) is 0 Å². The molecule has 10 rings (SSSR count). The second kappa shape index (κ2) is 12.0. The smallest absolute Gasteiger partial charge is 0.138 e. The second-order valence-corrected chi connectivity index (χ2v) is 13.2. The Labute approximate surface area is 296 Å². The van der Waals surface area contributed by atoms with Gasteiger partial charge in [-0.3, -0.25) is 4.57 Å². The summed E-state index contributed by atoms with van der Waals surface area (Å²) >= 11 is 0. The molecule has 0 aliphatic heterocycles. The van der Waals surface area contributed by atoms with Gasteiger partial charge in [-0.15, -0.1) is 0 Å². The van der Waals surface area contributed by atoms with Crippen molar-refractivity contribution in [2.75, 3.05) is 0 Å². The van der Waals surface area contributed by atoms with Crippen molar-refractivity contribution >= 4 is 43.5 Å². The number of para-hydroxylation sites is 1. The summed E-state index contributed by atoms with van der Waals surface area (Å²) in [6.45, 7) is 0. The molecule has 0 N–H and O–H groups in total. The summed E-state index contributed by atoms with van der Waals surface area (Å²) in [6.07, 6.45) is 0. The molecular weight excluding hydrogens is 617 g/mol. The molecule has 0 saturated carbocycles. The van der Waals surface area contributed by atoms with Gasteiger partial charge in [0.15, 0.2) is 0 Å². The maximum Gasteiger partial charge on any atom is 0.138 e. The van der Waals surface area contributed by atoms with Crippen LogP contribution in [0.2, 0.25) is 0 Å². The molecule has 2 aromatic heterocycles. The second-order valence-electron chi connectivity index (χ2n) is 13.2. The minimum absolute atomic E-state index is 0.898. The molecule has 2 heteroatoms. The third-order valence-electron chi connectivity index (χ3n) is 10.2. The summed E-state index contributed by atoms with van der Waals surface area (Å²) in [7, 11) is 0. The first-order chi connectivity index (χ1) is 25.3. The van der Waals surface area contributed by atoms with Gasteiger partial charge in [0.25, 0.3) is 0 Å². The Hall–Kier alpha value is -6.77. The summed E-state index contributed by atoms with van der Waals surface area (Å²) < 4.78 is 2.39. The number of nitrogens with zero attached hydrogens (tertiary/aromatic N) is 2. The average molecular weight is 649 g/mol. The molecule has 0 fully saturated rings. The van der Waals surface area contributed by atoms with Gasteiger partial charge >= 0.3 is 0 Å². The zero-order valence-corrected chi connectivity index (χ0v) is 27.9. The molecular formula is C49H32N2. The number of benzene rings is 8. The Balaban J connectivity index is 1.29. The van der Waals surface area contributed by atoms with E-state index in [1.807, 2.05) is 0 Å². The number of aromatic nitrogens is 2. The van der Waals surface area contributed by atoms with Crippen LogP contribution in [-0.4, -0.2) is 9.55 Å². The van der Waals surface area contributed by atoms with E-state index >= 15 is 0 Å². The van der Waals surface area contributed by atoms with Crippen LogP contribution >= 0.6 is 0 Å². The van der Waals surface area contributed by atoms with Gasteiger partial charge in [0, 0.05) is 16.2 Å². The molecule has 8 aromatic carbocycles. The van der Waals surface area contributed by atoms with E-state index in [1.54, 1.807) is 0 Å². The maximum atomic E-state index is 5.42. The van der Waals surface area contributed by atoms with Gasteiger partial charge in [0.05, 0.1) is 16.6 Å². The topological polar surface area (TPSA) is 17.8 Å². The number of fused-ring (bicyclic) bond motifs is 6. The average Bonchev–Trinajstić information content (AvgIpc) is 3.55. The molecule has 0 saturated heterocycles. The first-order valence-corrected chi connectivity index (χ1v) is 17.5. The lowest BCUT2D eigenvalue weighted by Gasteiger charge is -2.15. The van der Waals surface area contributed by atoms with Gasteiger partial charge in [-0.05, 0) is 79.5 Å². The van der Waals surface area contributed by atoms with E-state index < -0.39 is 0 Å². The van der Waals surface area contributed by atoms with Gasteiger partial charge in [0.1, 0.15) is 5.82 Å².